The van der Waals surface area contributed by atoms with E-state index in [4.69, 9.17) is 4.74 Å². The average Bonchev–Trinajstić information content (AvgIpc) is 2.39. The molecule has 1 nitrogen and oxygen atoms in total. The summed E-state index contributed by atoms with van der Waals surface area (Å²) in [7, 11) is 1.70. The van der Waals surface area contributed by atoms with Crippen LogP contribution in [-0.2, 0) is 5.75 Å². The lowest BCUT2D eigenvalue weighted by atomic mass is 10.2. The molecule has 94 valence electrons. The quantitative estimate of drug-likeness (QED) is 0.728. The number of aryl methyl sites for hydroxylation is 1. The Morgan fingerprint density at radius 2 is 1.94 bits per heavy atom. The Balaban J connectivity index is 2.13. The molecule has 0 fully saturated rings. The molecule has 0 heterocycles. The van der Waals surface area contributed by atoms with Gasteiger partial charge >= 0.3 is 0 Å². The van der Waals surface area contributed by atoms with Crippen LogP contribution in [0.15, 0.2) is 51.8 Å². The Kier molecular flexibility index (Phi) is 4.72. The summed E-state index contributed by atoms with van der Waals surface area (Å²) in [6, 6.07) is 14.5. The topological polar surface area (TPSA) is 9.23 Å². The van der Waals surface area contributed by atoms with Gasteiger partial charge < -0.3 is 4.74 Å². The fraction of sp³-hybridized carbons (Fsp3) is 0.200. The van der Waals surface area contributed by atoms with Gasteiger partial charge in [-0.3, -0.25) is 0 Å². The molecule has 0 saturated carbocycles. The summed E-state index contributed by atoms with van der Waals surface area (Å²) in [5, 5.41) is 0. The summed E-state index contributed by atoms with van der Waals surface area (Å²) in [4.78, 5) is 1.33. The molecule has 0 N–H and O–H groups in total. The van der Waals surface area contributed by atoms with E-state index in [0.717, 1.165) is 16.0 Å². The van der Waals surface area contributed by atoms with Crippen LogP contribution >= 0.6 is 27.7 Å². The van der Waals surface area contributed by atoms with Crippen LogP contribution in [0.3, 0.4) is 0 Å². The molecule has 2 aromatic carbocycles. The van der Waals surface area contributed by atoms with Crippen molar-refractivity contribution in [2.24, 2.45) is 0 Å². The number of halogens is 1. The first-order valence-electron chi connectivity index (χ1n) is 5.71. The lowest BCUT2D eigenvalue weighted by Gasteiger charge is -2.08. The highest BCUT2D eigenvalue weighted by atomic mass is 79.9. The lowest BCUT2D eigenvalue weighted by molar-refractivity contribution is 0.414. The van der Waals surface area contributed by atoms with Crippen molar-refractivity contribution in [1.82, 2.24) is 0 Å². The van der Waals surface area contributed by atoms with Crippen molar-refractivity contribution in [2.75, 3.05) is 7.11 Å². The van der Waals surface area contributed by atoms with E-state index in [-0.39, 0.29) is 0 Å². The van der Waals surface area contributed by atoms with E-state index in [1.54, 1.807) is 7.11 Å². The first-order chi connectivity index (χ1) is 8.70. The van der Waals surface area contributed by atoms with Crippen LogP contribution in [0.2, 0.25) is 0 Å². The summed E-state index contributed by atoms with van der Waals surface area (Å²) in [6.07, 6.45) is 0. The maximum atomic E-state index is 5.26. The van der Waals surface area contributed by atoms with Gasteiger partial charge in [0.1, 0.15) is 5.75 Å². The van der Waals surface area contributed by atoms with Crippen molar-refractivity contribution in [3.63, 3.8) is 0 Å². The fourth-order valence-corrected chi connectivity index (χ4v) is 3.26. The number of thioether (sulfide) groups is 1. The molecule has 0 atom stereocenters. The Morgan fingerprint density at radius 1 is 1.17 bits per heavy atom. The Hall–Kier alpha value is -0.930. The van der Waals surface area contributed by atoms with Crippen molar-refractivity contribution in [3.05, 3.63) is 58.1 Å². The van der Waals surface area contributed by atoms with Crippen LogP contribution < -0.4 is 4.74 Å². The van der Waals surface area contributed by atoms with Gasteiger partial charge in [-0.2, -0.15) is 0 Å². The third kappa shape index (κ3) is 3.30. The standard InChI is InChI=1S/C15H15BrOS/c1-11-5-3-4-6-15(11)18-10-12-9-13(17-2)7-8-14(12)16/h3-9H,10H2,1-2H3. The number of benzene rings is 2. The fourth-order valence-electron chi connectivity index (χ4n) is 1.66. The predicted octanol–water partition coefficient (Wildman–Crippen LogP) is 5.06. The molecule has 0 aliphatic rings. The minimum absolute atomic E-state index is 0.901. The molecule has 18 heavy (non-hydrogen) atoms. The number of hydrogen-bond acceptors (Lipinski definition) is 2. The van der Waals surface area contributed by atoms with Gasteiger partial charge in [-0.15, -0.1) is 11.8 Å². The zero-order valence-electron chi connectivity index (χ0n) is 10.4. The van der Waals surface area contributed by atoms with E-state index >= 15 is 0 Å². The summed E-state index contributed by atoms with van der Waals surface area (Å²) < 4.78 is 6.38. The van der Waals surface area contributed by atoms with Gasteiger partial charge in [0.05, 0.1) is 7.11 Å². The van der Waals surface area contributed by atoms with Crippen LogP contribution in [-0.4, -0.2) is 7.11 Å². The average molecular weight is 323 g/mol. The molecule has 0 radical (unpaired) electrons. The second-order valence-electron chi connectivity index (χ2n) is 4.01. The van der Waals surface area contributed by atoms with Crippen LogP contribution in [0.5, 0.6) is 5.75 Å². The molecule has 0 saturated heterocycles. The molecule has 0 aliphatic heterocycles. The minimum atomic E-state index is 0.901. The third-order valence-electron chi connectivity index (χ3n) is 2.73. The Morgan fingerprint density at radius 3 is 2.67 bits per heavy atom. The van der Waals surface area contributed by atoms with Gasteiger partial charge in [0.2, 0.25) is 0 Å². The van der Waals surface area contributed by atoms with Crippen molar-refractivity contribution < 1.29 is 4.74 Å². The maximum Gasteiger partial charge on any atom is 0.119 e. The molecule has 0 amide bonds. The summed E-state index contributed by atoms with van der Waals surface area (Å²) in [5.41, 5.74) is 2.57. The zero-order valence-corrected chi connectivity index (χ0v) is 12.8. The Labute approximate surface area is 121 Å². The van der Waals surface area contributed by atoms with Gasteiger partial charge in [0.15, 0.2) is 0 Å². The zero-order chi connectivity index (χ0) is 13.0. The normalized spacial score (nSPS) is 10.4. The monoisotopic (exact) mass is 322 g/mol. The smallest absolute Gasteiger partial charge is 0.119 e. The molecular weight excluding hydrogens is 308 g/mol. The number of ether oxygens (including phenoxy) is 1. The second-order valence-corrected chi connectivity index (χ2v) is 5.88. The van der Waals surface area contributed by atoms with Gasteiger partial charge in [0, 0.05) is 15.1 Å². The second kappa shape index (κ2) is 6.30. The van der Waals surface area contributed by atoms with Crippen molar-refractivity contribution in [1.29, 1.82) is 0 Å². The lowest BCUT2D eigenvalue weighted by Crippen LogP contribution is -1.88. The third-order valence-corrected chi connectivity index (χ3v) is 4.73. The van der Waals surface area contributed by atoms with Crippen molar-refractivity contribution in [3.8, 4) is 5.75 Å². The molecule has 0 bridgehead atoms. The molecule has 2 aromatic rings. The summed E-state index contributed by atoms with van der Waals surface area (Å²) in [6.45, 7) is 2.14. The summed E-state index contributed by atoms with van der Waals surface area (Å²) >= 11 is 5.43. The maximum absolute atomic E-state index is 5.26. The highest BCUT2D eigenvalue weighted by Gasteiger charge is 2.04. The highest BCUT2D eigenvalue weighted by molar-refractivity contribution is 9.10. The van der Waals surface area contributed by atoms with E-state index in [9.17, 15) is 0 Å². The molecule has 2 rings (SSSR count). The molecule has 3 heteroatoms. The van der Waals surface area contributed by atoms with Crippen molar-refractivity contribution >= 4 is 27.7 Å². The SMILES string of the molecule is COc1ccc(Br)c(CSc2ccccc2C)c1. The first-order valence-corrected chi connectivity index (χ1v) is 7.49. The van der Waals surface area contributed by atoms with Crippen molar-refractivity contribution in [2.45, 2.75) is 17.6 Å². The van der Waals surface area contributed by atoms with E-state index in [0.29, 0.717) is 0 Å². The number of rotatable bonds is 4. The van der Waals surface area contributed by atoms with Crippen LogP contribution in [0, 0.1) is 6.92 Å². The van der Waals surface area contributed by atoms with E-state index in [2.05, 4.69) is 53.2 Å². The largest absolute Gasteiger partial charge is 0.497 e. The van der Waals surface area contributed by atoms with Crippen LogP contribution in [0.4, 0.5) is 0 Å². The van der Waals surface area contributed by atoms with Crippen LogP contribution in [0.1, 0.15) is 11.1 Å². The van der Waals surface area contributed by atoms with Gasteiger partial charge in [-0.25, -0.2) is 0 Å². The van der Waals surface area contributed by atoms with Gasteiger partial charge in [-0.1, -0.05) is 34.1 Å². The van der Waals surface area contributed by atoms with E-state index in [1.165, 1.54) is 16.0 Å². The Bertz CT molecular complexity index is 540. The molecule has 0 spiro atoms. The minimum Gasteiger partial charge on any atom is -0.497 e. The highest BCUT2D eigenvalue weighted by Crippen LogP contribution is 2.30. The predicted molar refractivity (Wildman–Crippen MR) is 81.4 cm³/mol. The molecule has 0 aliphatic carbocycles. The van der Waals surface area contributed by atoms with E-state index in [1.807, 2.05) is 23.9 Å². The molecule has 0 aromatic heterocycles. The van der Waals surface area contributed by atoms with Crippen LogP contribution in [0.25, 0.3) is 0 Å². The molecular formula is C15H15BrOS. The molecule has 0 unspecified atom stereocenters. The van der Waals surface area contributed by atoms with Gasteiger partial charge in [-0.05, 0) is 42.3 Å². The summed E-state index contributed by atoms with van der Waals surface area (Å²) in [5.74, 6) is 1.83. The number of hydrogen-bond donors (Lipinski definition) is 0. The van der Waals surface area contributed by atoms with E-state index < -0.39 is 0 Å². The van der Waals surface area contributed by atoms with Gasteiger partial charge in [0.25, 0.3) is 0 Å². The number of methoxy groups -OCH3 is 1. The first kappa shape index (κ1) is 13.5.